The van der Waals surface area contributed by atoms with Crippen LogP contribution in [0.3, 0.4) is 0 Å². The van der Waals surface area contributed by atoms with Gasteiger partial charge in [-0.1, -0.05) is 24.1 Å². The van der Waals surface area contributed by atoms with Crippen LogP contribution in [-0.4, -0.2) is 24.0 Å². The highest BCUT2D eigenvalue weighted by molar-refractivity contribution is 5.95. The Bertz CT molecular complexity index is 734. The summed E-state index contributed by atoms with van der Waals surface area (Å²) in [5, 5.41) is 14.5. The molecule has 0 saturated heterocycles. The molecule has 2 aromatic carbocycles. The Morgan fingerprint density at radius 1 is 1.29 bits per heavy atom. The molecule has 0 saturated carbocycles. The molecule has 106 valence electrons. The summed E-state index contributed by atoms with van der Waals surface area (Å²) >= 11 is 0. The van der Waals surface area contributed by atoms with Crippen molar-refractivity contribution in [3.05, 3.63) is 46.5 Å². The molecule has 0 unspecified atom stereocenters. The summed E-state index contributed by atoms with van der Waals surface area (Å²) in [6.07, 6.45) is 5.03. The molecule has 0 heterocycles. The van der Waals surface area contributed by atoms with Crippen molar-refractivity contribution in [2.45, 2.75) is 0 Å². The Morgan fingerprint density at radius 2 is 2.00 bits per heavy atom. The van der Waals surface area contributed by atoms with Gasteiger partial charge in [-0.05, 0) is 12.1 Å². The highest BCUT2D eigenvalue weighted by atomic mass is 16.6. The van der Waals surface area contributed by atoms with Crippen LogP contribution in [0.15, 0.2) is 36.4 Å². The predicted molar refractivity (Wildman–Crippen MR) is 77.9 cm³/mol. The highest BCUT2D eigenvalue weighted by Gasteiger charge is 2.15. The number of terminal acetylenes is 1. The molecule has 1 N–H and O–H groups in total. The van der Waals surface area contributed by atoms with Gasteiger partial charge in [-0.25, -0.2) is 0 Å². The first kappa shape index (κ1) is 14.3. The number of amides is 1. The minimum Gasteiger partial charge on any atom is -0.483 e. The summed E-state index contributed by atoms with van der Waals surface area (Å²) < 4.78 is 5.41. The molecule has 0 atom stereocenters. The average Bonchev–Trinajstić information content (AvgIpc) is 2.50. The molecule has 0 aliphatic carbocycles. The number of nitro groups is 1. The van der Waals surface area contributed by atoms with E-state index in [1.54, 1.807) is 24.3 Å². The van der Waals surface area contributed by atoms with Gasteiger partial charge in [0.1, 0.15) is 5.75 Å². The first-order valence-electron chi connectivity index (χ1n) is 6.12. The smallest absolute Gasteiger partial charge is 0.277 e. The Hall–Kier alpha value is -3.07. The summed E-state index contributed by atoms with van der Waals surface area (Å²) in [5.74, 6) is 2.34. The first-order valence-corrected chi connectivity index (χ1v) is 6.12. The Labute approximate surface area is 120 Å². The van der Waals surface area contributed by atoms with Gasteiger partial charge in [-0.15, -0.1) is 6.42 Å². The molecule has 0 aromatic heterocycles. The van der Waals surface area contributed by atoms with Gasteiger partial charge in [0.15, 0.2) is 6.61 Å². The molecular formula is C15H12N2O4. The molecule has 0 aliphatic rings. The van der Waals surface area contributed by atoms with Crippen molar-refractivity contribution in [3.8, 4) is 18.1 Å². The number of nitro benzene ring substituents is 1. The van der Waals surface area contributed by atoms with E-state index in [1.165, 1.54) is 12.1 Å². The first-order chi connectivity index (χ1) is 10.1. The van der Waals surface area contributed by atoms with Crippen molar-refractivity contribution in [1.29, 1.82) is 0 Å². The van der Waals surface area contributed by atoms with Crippen LogP contribution in [0, 0.1) is 22.5 Å². The average molecular weight is 284 g/mol. The van der Waals surface area contributed by atoms with Crippen molar-refractivity contribution in [1.82, 2.24) is 5.32 Å². The second-order valence-electron chi connectivity index (χ2n) is 4.16. The Morgan fingerprint density at radius 3 is 2.67 bits per heavy atom. The van der Waals surface area contributed by atoms with E-state index >= 15 is 0 Å². The summed E-state index contributed by atoms with van der Waals surface area (Å²) in [4.78, 5) is 22.0. The van der Waals surface area contributed by atoms with Crippen LogP contribution in [0.4, 0.5) is 5.69 Å². The monoisotopic (exact) mass is 284 g/mol. The molecule has 2 aromatic rings. The zero-order valence-corrected chi connectivity index (χ0v) is 11.0. The summed E-state index contributed by atoms with van der Waals surface area (Å²) in [7, 11) is 0. The van der Waals surface area contributed by atoms with E-state index in [9.17, 15) is 14.9 Å². The molecule has 0 bridgehead atoms. The van der Waals surface area contributed by atoms with Gasteiger partial charge in [0, 0.05) is 11.5 Å². The van der Waals surface area contributed by atoms with Gasteiger partial charge in [0.05, 0.1) is 16.9 Å². The largest absolute Gasteiger partial charge is 0.483 e. The molecule has 0 fully saturated rings. The summed E-state index contributed by atoms with van der Waals surface area (Å²) in [6, 6.07) is 9.64. The van der Waals surface area contributed by atoms with Crippen LogP contribution < -0.4 is 10.1 Å². The third kappa shape index (κ3) is 3.28. The van der Waals surface area contributed by atoms with Crippen LogP contribution in [0.25, 0.3) is 10.8 Å². The maximum Gasteiger partial charge on any atom is 0.277 e. The quantitative estimate of drug-likeness (QED) is 0.516. The van der Waals surface area contributed by atoms with E-state index < -0.39 is 4.92 Å². The highest BCUT2D eigenvalue weighted by Crippen LogP contribution is 2.32. The lowest BCUT2D eigenvalue weighted by Crippen LogP contribution is -2.29. The zero-order chi connectivity index (χ0) is 15.2. The van der Waals surface area contributed by atoms with Gasteiger partial charge in [0.2, 0.25) is 0 Å². The second-order valence-corrected chi connectivity index (χ2v) is 4.16. The molecule has 0 radical (unpaired) electrons. The lowest BCUT2D eigenvalue weighted by molar-refractivity contribution is -0.383. The van der Waals surface area contributed by atoms with Crippen LogP contribution in [0.2, 0.25) is 0 Å². The fourth-order valence-corrected chi connectivity index (χ4v) is 1.88. The number of nitrogens with zero attached hydrogens (tertiary/aromatic N) is 1. The Kier molecular flexibility index (Phi) is 4.36. The SMILES string of the molecule is C#CCNC(=O)COc1ccc([N+](=O)[O-])c2ccccc12. The zero-order valence-electron chi connectivity index (χ0n) is 11.0. The van der Waals surface area contributed by atoms with Crippen LogP contribution in [0.5, 0.6) is 5.75 Å². The molecule has 0 aliphatic heterocycles. The molecule has 1 amide bonds. The molecule has 21 heavy (non-hydrogen) atoms. The van der Waals surface area contributed by atoms with E-state index in [4.69, 9.17) is 11.2 Å². The van der Waals surface area contributed by atoms with Crippen molar-refractivity contribution >= 4 is 22.4 Å². The molecule has 0 spiro atoms. The minimum atomic E-state index is -0.453. The van der Waals surface area contributed by atoms with E-state index in [2.05, 4.69) is 11.2 Å². The number of hydrogen-bond donors (Lipinski definition) is 1. The molecular weight excluding hydrogens is 272 g/mol. The number of carbonyl (C=O) groups excluding carboxylic acids is 1. The van der Waals surface area contributed by atoms with Crippen molar-refractivity contribution in [3.63, 3.8) is 0 Å². The number of non-ortho nitro benzene ring substituents is 1. The lowest BCUT2D eigenvalue weighted by Gasteiger charge is -2.09. The van der Waals surface area contributed by atoms with Gasteiger partial charge < -0.3 is 10.1 Å². The predicted octanol–water partition coefficient (Wildman–Crippen LogP) is 1.88. The number of ether oxygens (including phenoxy) is 1. The van der Waals surface area contributed by atoms with E-state index in [1.807, 2.05) is 0 Å². The van der Waals surface area contributed by atoms with Gasteiger partial charge in [0.25, 0.3) is 11.6 Å². The van der Waals surface area contributed by atoms with Crippen molar-refractivity contribution < 1.29 is 14.5 Å². The summed E-state index contributed by atoms with van der Waals surface area (Å²) in [5.41, 5.74) is -0.00488. The van der Waals surface area contributed by atoms with Crippen molar-refractivity contribution in [2.75, 3.05) is 13.2 Å². The number of fused-ring (bicyclic) bond motifs is 1. The van der Waals surface area contributed by atoms with E-state index in [0.717, 1.165) is 0 Å². The normalized spacial score (nSPS) is 9.86. The number of benzene rings is 2. The maximum atomic E-state index is 11.4. The number of rotatable bonds is 5. The standard InChI is InChI=1S/C15H12N2O4/c1-2-9-16-15(18)10-21-14-8-7-13(17(19)20)11-5-3-4-6-12(11)14/h1,3-8H,9-10H2,(H,16,18). The second kappa shape index (κ2) is 6.39. The van der Waals surface area contributed by atoms with Crippen LogP contribution in [0.1, 0.15) is 0 Å². The van der Waals surface area contributed by atoms with Crippen LogP contribution >= 0.6 is 0 Å². The molecule has 6 heteroatoms. The van der Waals surface area contributed by atoms with Gasteiger partial charge in [-0.3, -0.25) is 14.9 Å². The lowest BCUT2D eigenvalue weighted by atomic mass is 10.1. The molecule has 6 nitrogen and oxygen atoms in total. The summed E-state index contributed by atoms with van der Waals surface area (Å²) in [6.45, 7) is -0.0767. The maximum absolute atomic E-state index is 11.4. The number of hydrogen-bond acceptors (Lipinski definition) is 4. The third-order valence-corrected chi connectivity index (χ3v) is 2.80. The van der Waals surface area contributed by atoms with Crippen LogP contribution in [-0.2, 0) is 4.79 Å². The minimum absolute atomic E-state index is 0.00488. The number of nitrogens with one attached hydrogen (secondary N) is 1. The fourth-order valence-electron chi connectivity index (χ4n) is 1.88. The van der Waals surface area contributed by atoms with Gasteiger partial charge >= 0.3 is 0 Å². The van der Waals surface area contributed by atoms with Crippen molar-refractivity contribution in [2.24, 2.45) is 0 Å². The fraction of sp³-hybridized carbons (Fsp3) is 0.133. The van der Waals surface area contributed by atoms with E-state index in [-0.39, 0.29) is 24.7 Å². The van der Waals surface area contributed by atoms with Gasteiger partial charge in [-0.2, -0.15) is 0 Å². The Balaban J connectivity index is 2.26. The van der Waals surface area contributed by atoms with E-state index in [0.29, 0.717) is 16.5 Å². The third-order valence-electron chi connectivity index (χ3n) is 2.80. The number of carbonyl (C=O) groups is 1. The topological polar surface area (TPSA) is 81.5 Å². The molecule has 2 rings (SSSR count).